The Kier molecular flexibility index (Phi) is 2.97. The first-order chi connectivity index (χ1) is 9.25. The van der Waals surface area contributed by atoms with E-state index in [0.29, 0.717) is 12.5 Å². The second-order valence-corrected chi connectivity index (χ2v) is 5.05. The molecule has 0 amide bonds. The molecule has 0 unspecified atom stereocenters. The maximum absolute atomic E-state index is 9.72. The normalized spacial score (nSPS) is 14.0. The van der Waals surface area contributed by atoms with E-state index in [1.165, 1.54) is 0 Å². The van der Waals surface area contributed by atoms with Crippen LogP contribution in [0.15, 0.2) is 34.6 Å². The van der Waals surface area contributed by atoms with Crippen molar-refractivity contribution >= 4 is 35.0 Å². The second kappa shape index (κ2) is 4.78. The van der Waals surface area contributed by atoms with Crippen molar-refractivity contribution in [3.63, 3.8) is 0 Å². The molecule has 0 atom stereocenters. The largest absolute Gasteiger partial charge is 0.507 e. The molecule has 19 heavy (non-hydrogen) atoms. The summed E-state index contributed by atoms with van der Waals surface area (Å²) in [5.74, 6) is 0.859. The number of benzene rings is 1. The van der Waals surface area contributed by atoms with Gasteiger partial charge in [0.1, 0.15) is 18.3 Å². The van der Waals surface area contributed by atoms with Crippen LogP contribution < -0.4 is 11.1 Å². The van der Waals surface area contributed by atoms with Gasteiger partial charge in [-0.05, 0) is 6.07 Å². The van der Waals surface area contributed by atoms with E-state index < -0.39 is 0 Å². The van der Waals surface area contributed by atoms with Crippen LogP contribution in [-0.2, 0) is 0 Å². The van der Waals surface area contributed by atoms with E-state index in [9.17, 15) is 5.11 Å². The molecule has 0 radical (unpaired) electrons. The molecular weight excluding hydrogens is 258 g/mol. The summed E-state index contributed by atoms with van der Waals surface area (Å²) in [6.45, 7) is 0.507. The highest BCUT2D eigenvalue weighted by Crippen LogP contribution is 2.32. The number of hydrogen-bond donors (Lipinski definition) is 3. The average molecular weight is 271 g/mol. The van der Waals surface area contributed by atoms with Crippen molar-refractivity contribution in [2.24, 2.45) is 10.7 Å². The lowest BCUT2D eigenvalue weighted by Gasteiger charge is -2.12. The Hall–Kier alpha value is -2.27. The molecule has 0 bridgehead atoms. The number of aliphatic imine (C=N–C) groups is 1. The molecule has 1 aromatic carbocycles. The molecule has 96 valence electrons. The average Bonchev–Trinajstić information content (AvgIpc) is 2.83. The summed E-state index contributed by atoms with van der Waals surface area (Å²) in [4.78, 5) is 5.12. The van der Waals surface area contributed by atoms with Crippen LogP contribution in [0.2, 0.25) is 0 Å². The van der Waals surface area contributed by atoms with Crippen LogP contribution in [0.25, 0.3) is 12.2 Å². The molecule has 1 aliphatic rings. The van der Waals surface area contributed by atoms with Gasteiger partial charge in [0.15, 0.2) is 0 Å². The summed E-state index contributed by atoms with van der Waals surface area (Å²) >= 11 is 1.57. The summed E-state index contributed by atoms with van der Waals surface area (Å²) in [5, 5.41) is 15.0. The van der Waals surface area contributed by atoms with Crippen molar-refractivity contribution in [2.45, 2.75) is 0 Å². The number of fused-ring (bicyclic) bond motifs is 1. The minimum Gasteiger partial charge on any atom is -0.507 e. The number of nitrogens with two attached hydrogens (primary N) is 1. The zero-order valence-electron chi connectivity index (χ0n) is 10.1. The lowest BCUT2D eigenvalue weighted by molar-refractivity contribution is 0.474. The number of nitrogens with zero attached hydrogens (tertiary/aromatic N) is 1. The quantitative estimate of drug-likeness (QED) is 0.786. The Morgan fingerprint density at radius 3 is 2.89 bits per heavy atom. The summed E-state index contributed by atoms with van der Waals surface area (Å²) in [5.41, 5.74) is 8.71. The number of nitrogens with one attached hydrogen (secondary N) is 1. The molecule has 1 aromatic heterocycles. The van der Waals surface area contributed by atoms with E-state index in [1.807, 2.05) is 29.7 Å². The molecular formula is C14H13N3OS. The van der Waals surface area contributed by atoms with Gasteiger partial charge in [-0.25, -0.2) is 4.99 Å². The van der Waals surface area contributed by atoms with Gasteiger partial charge in [0.05, 0.1) is 10.6 Å². The van der Waals surface area contributed by atoms with Crippen LogP contribution in [0.3, 0.4) is 0 Å². The maximum Gasteiger partial charge on any atom is 0.139 e. The zero-order valence-corrected chi connectivity index (χ0v) is 10.9. The molecule has 0 saturated heterocycles. The number of anilines is 1. The van der Waals surface area contributed by atoms with E-state index >= 15 is 0 Å². The van der Waals surface area contributed by atoms with Crippen LogP contribution in [0, 0.1) is 0 Å². The van der Waals surface area contributed by atoms with Crippen LogP contribution in [0.1, 0.15) is 16.0 Å². The lowest BCUT2D eigenvalue weighted by atomic mass is 10.1. The SMILES string of the molecule is NC1=NCNc2c(/C=C/c3ccccc3O)csc21. The van der Waals surface area contributed by atoms with Gasteiger partial charge in [0, 0.05) is 16.5 Å². The highest BCUT2D eigenvalue weighted by molar-refractivity contribution is 7.13. The monoisotopic (exact) mass is 271 g/mol. The Morgan fingerprint density at radius 1 is 1.26 bits per heavy atom. The van der Waals surface area contributed by atoms with Crippen molar-refractivity contribution < 1.29 is 5.11 Å². The number of amidine groups is 1. The minimum atomic E-state index is 0.275. The fourth-order valence-corrected chi connectivity index (χ4v) is 2.88. The highest BCUT2D eigenvalue weighted by atomic mass is 32.1. The molecule has 2 heterocycles. The molecule has 3 rings (SSSR count). The van der Waals surface area contributed by atoms with E-state index in [1.54, 1.807) is 23.5 Å². The first-order valence-electron chi connectivity index (χ1n) is 5.87. The first-order valence-corrected chi connectivity index (χ1v) is 6.75. The third kappa shape index (κ3) is 2.20. The van der Waals surface area contributed by atoms with Crippen molar-refractivity contribution in [3.05, 3.63) is 45.6 Å². The Balaban J connectivity index is 1.93. The standard InChI is InChI=1S/C14H13N3OS/c15-14-13-12(16-8-17-14)10(7-19-13)6-5-9-3-1-2-4-11(9)18/h1-7,16,18H,8H2,(H2,15,17)/b6-5+. The Labute approximate surface area is 114 Å². The van der Waals surface area contributed by atoms with Crippen molar-refractivity contribution in [1.29, 1.82) is 0 Å². The Morgan fingerprint density at radius 2 is 2.05 bits per heavy atom. The number of rotatable bonds is 2. The van der Waals surface area contributed by atoms with Crippen LogP contribution in [0.5, 0.6) is 5.75 Å². The topological polar surface area (TPSA) is 70.6 Å². The molecule has 0 fully saturated rings. The predicted octanol–water partition coefficient (Wildman–Crippen LogP) is 2.71. The summed E-state index contributed by atoms with van der Waals surface area (Å²) in [6.07, 6.45) is 3.86. The van der Waals surface area contributed by atoms with Gasteiger partial charge in [0.2, 0.25) is 0 Å². The first kappa shape index (κ1) is 11.8. The van der Waals surface area contributed by atoms with Crippen molar-refractivity contribution in [2.75, 3.05) is 12.0 Å². The second-order valence-electron chi connectivity index (χ2n) is 4.17. The van der Waals surface area contributed by atoms with Gasteiger partial charge in [-0.15, -0.1) is 11.3 Å². The van der Waals surface area contributed by atoms with Crippen molar-refractivity contribution in [1.82, 2.24) is 0 Å². The van der Waals surface area contributed by atoms with E-state index in [2.05, 4.69) is 10.3 Å². The number of aromatic hydroxyl groups is 1. The van der Waals surface area contributed by atoms with Gasteiger partial charge >= 0.3 is 0 Å². The summed E-state index contributed by atoms with van der Waals surface area (Å²) < 4.78 is 0. The molecule has 4 N–H and O–H groups in total. The number of para-hydroxylation sites is 1. The number of hydrogen-bond acceptors (Lipinski definition) is 5. The fraction of sp³-hybridized carbons (Fsp3) is 0.0714. The van der Waals surface area contributed by atoms with E-state index in [0.717, 1.165) is 21.7 Å². The number of thiophene rings is 1. The van der Waals surface area contributed by atoms with Gasteiger partial charge in [-0.2, -0.15) is 0 Å². The third-order valence-corrected chi connectivity index (χ3v) is 3.96. The predicted molar refractivity (Wildman–Crippen MR) is 80.6 cm³/mol. The molecule has 2 aromatic rings. The van der Waals surface area contributed by atoms with Gasteiger partial charge in [-0.3, -0.25) is 0 Å². The summed E-state index contributed by atoms with van der Waals surface area (Å²) in [6, 6.07) is 7.24. The fourth-order valence-electron chi connectivity index (χ4n) is 1.95. The van der Waals surface area contributed by atoms with Gasteiger partial charge in [0.25, 0.3) is 0 Å². The smallest absolute Gasteiger partial charge is 0.139 e. The minimum absolute atomic E-state index is 0.275. The number of phenolic OH excluding ortho intramolecular Hbond substituents is 1. The van der Waals surface area contributed by atoms with Crippen LogP contribution in [-0.4, -0.2) is 17.6 Å². The highest BCUT2D eigenvalue weighted by Gasteiger charge is 2.15. The molecule has 0 spiro atoms. The molecule has 4 nitrogen and oxygen atoms in total. The van der Waals surface area contributed by atoms with Crippen LogP contribution in [0.4, 0.5) is 5.69 Å². The zero-order chi connectivity index (χ0) is 13.2. The lowest BCUT2D eigenvalue weighted by Crippen LogP contribution is -2.20. The van der Waals surface area contributed by atoms with Gasteiger partial charge in [-0.1, -0.05) is 30.4 Å². The van der Waals surface area contributed by atoms with E-state index in [-0.39, 0.29) is 5.75 Å². The molecule has 5 heteroatoms. The maximum atomic E-state index is 9.72. The number of phenols is 1. The Bertz CT molecular complexity index is 673. The summed E-state index contributed by atoms with van der Waals surface area (Å²) in [7, 11) is 0. The third-order valence-electron chi connectivity index (χ3n) is 2.94. The molecule has 1 aliphatic heterocycles. The van der Waals surface area contributed by atoms with Crippen LogP contribution >= 0.6 is 11.3 Å². The van der Waals surface area contributed by atoms with E-state index in [4.69, 9.17) is 5.73 Å². The molecule has 0 aliphatic carbocycles. The van der Waals surface area contributed by atoms with Crippen molar-refractivity contribution in [3.8, 4) is 5.75 Å². The van der Waals surface area contributed by atoms with Gasteiger partial charge < -0.3 is 16.2 Å². The molecule has 0 saturated carbocycles.